The van der Waals surface area contributed by atoms with Crippen molar-refractivity contribution in [2.45, 2.75) is 17.8 Å². The highest BCUT2D eigenvalue weighted by Crippen LogP contribution is 2.16. The molecule has 0 aromatic heterocycles. The van der Waals surface area contributed by atoms with Gasteiger partial charge < -0.3 is 30.6 Å². The van der Waals surface area contributed by atoms with Crippen molar-refractivity contribution in [3.63, 3.8) is 0 Å². The second-order valence-corrected chi connectivity index (χ2v) is 3.09. The maximum Gasteiger partial charge on any atom is 0.154 e. The minimum atomic E-state index is -2.26. The topological polar surface area (TPSA) is 121 Å². The molecule has 0 amide bonds. The summed E-state index contributed by atoms with van der Waals surface area (Å²) < 4.78 is 0. The molecule has 0 bridgehead atoms. The third kappa shape index (κ3) is 3.90. The highest BCUT2D eigenvalue weighted by molar-refractivity contribution is 5.16. The van der Waals surface area contributed by atoms with Crippen LogP contribution in [0.2, 0.25) is 0 Å². The molecule has 0 fully saturated rings. The number of aliphatic hydroxyl groups excluding tert-OH is 5. The zero-order chi connectivity index (χ0) is 12.6. The summed E-state index contributed by atoms with van der Waals surface area (Å²) >= 11 is 0. The zero-order valence-electron chi connectivity index (χ0n) is 8.61. The molecule has 0 aromatic carbocycles. The van der Waals surface area contributed by atoms with Crippen molar-refractivity contribution < 1.29 is 30.6 Å². The first kappa shape index (κ1) is 15.1. The Morgan fingerprint density at radius 1 is 1.19 bits per heavy atom. The smallest absolute Gasteiger partial charge is 0.154 e. The van der Waals surface area contributed by atoms with E-state index < -0.39 is 31.0 Å². The van der Waals surface area contributed by atoms with Gasteiger partial charge in [-0.25, -0.2) is 0 Å². The molecule has 0 aliphatic rings. The van der Waals surface area contributed by atoms with E-state index in [1.165, 1.54) is 0 Å². The molecule has 0 aliphatic carbocycles. The number of hydrogen-bond acceptors (Lipinski definition) is 6. The van der Waals surface area contributed by atoms with E-state index in [0.717, 1.165) is 12.2 Å². The largest absolute Gasteiger partial charge is 0.393 e. The molecule has 0 aliphatic heterocycles. The molecule has 0 aromatic rings. The standard InChI is InChI=1S/C10H16O6/c11-5-1-3-8(14)10(16,7-13)9(15)4-2-6-12/h1,3,8-9,11-16H,5-7H2. The van der Waals surface area contributed by atoms with Crippen molar-refractivity contribution >= 4 is 0 Å². The summed E-state index contributed by atoms with van der Waals surface area (Å²) in [5.41, 5.74) is -2.26. The van der Waals surface area contributed by atoms with Crippen LogP contribution in [0.25, 0.3) is 0 Å². The molecule has 6 N–H and O–H groups in total. The third-order valence-electron chi connectivity index (χ3n) is 1.98. The first-order chi connectivity index (χ1) is 7.52. The van der Waals surface area contributed by atoms with Crippen LogP contribution in [0, 0.1) is 11.8 Å². The maximum atomic E-state index is 9.74. The second kappa shape index (κ2) is 7.35. The molecule has 0 heterocycles. The molecule has 16 heavy (non-hydrogen) atoms. The Hall–Kier alpha value is -0.940. The summed E-state index contributed by atoms with van der Waals surface area (Å²) in [7, 11) is 0. The Kier molecular flexibility index (Phi) is 6.92. The SMILES string of the molecule is OCC#CC(O)C(O)(CO)C(O)C=CCO. The van der Waals surface area contributed by atoms with Gasteiger partial charge in [-0.1, -0.05) is 24.0 Å². The Labute approximate surface area is 93.1 Å². The van der Waals surface area contributed by atoms with Crippen molar-refractivity contribution in [2.24, 2.45) is 0 Å². The van der Waals surface area contributed by atoms with Crippen LogP contribution in [-0.2, 0) is 0 Å². The minimum Gasteiger partial charge on any atom is -0.393 e. The molecule has 3 unspecified atom stereocenters. The molecular formula is C10H16O6. The fraction of sp³-hybridized carbons (Fsp3) is 0.600. The molecule has 0 rings (SSSR count). The van der Waals surface area contributed by atoms with Gasteiger partial charge in [-0.15, -0.1) is 0 Å². The predicted octanol–water partition coefficient (Wildman–Crippen LogP) is -3.02. The highest BCUT2D eigenvalue weighted by Gasteiger charge is 2.40. The Bertz CT molecular complexity index is 279. The van der Waals surface area contributed by atoms with Gasteiger partial charge in [0.25, 0.3) is 0 Å². The Morgan fingerprint density at radius 2 is 1.81 bits per heavy atom. The monoisotopic (exact) mass is 232 g/mol. The van der Waals surface area contributed by atoms with Crippen molar-refractivity contribution in [3.8, 4) is 11.8 Å². The van der Waals surface area contributed by atoms with Crippen LogP contribution < -0.4 is 0 Å². The predicted molar refractivity (Wildman–Crippen MR) is 55.1 cm³/mol. The lowest BCUT2D eigenvalue weighted by atomic mass is 9.91. The Balaban J connectivity index is 4.81. The van der Waals surface area contributed by atoms with E-state index in [4.69, 9.17) is 15.3 Å². The van der Waals surface area contributed by atoms with E-state index in [-0.39, 0.29) is 6.61 Å². The fourth-order valence-corrected chi connectivity index (χ4v) is 0.965. The van der Waals surface area contributed by atoms with Crippen molar-refractivity contribution in [2.75, 3.05) is 19.8 Å². The molecule has 0 spiro atoms. The maximum absolute atomic E-state index is 9.74. The zero-order valence-corrected chi connectivity index (χ0v) is 8.61. The third-order valence-corrected chi connectivity index (χ3v) is 1.98. The van der Waals surface area contributed by atoms with E-state index in [9.17, 15) is 15.3 Å². The van der Waals surface area contributed by atoms with E-state index in [0.29, 0.717) is 0 Å². The summed E-state index contributed by atoms with van der Waals surface area (Å²) in [6.07, 6.45) is -1.13. The van der Waals surface area contributed by atoms with Crippen molar-refractivity contribution in [1.82, 2.24) is 0 Å². The molecule has 0 saturated carbocycles. The Morgan fingerprint density at radius 3 is 2.25 bits per heavy atom. The van der Waals surface area contributed by atoms with Gasteiger partial charge in [0.1, 0.15) is 18.8 Å². The lowest BCUT2D eigenvalue weighted by Crippen LogP contribution is -2.54. The quantitative estimate of drug-likeness (QED) is 0.221. The number of rotatable bonds is 5. The van der Waals surface area contributed by atoms with Crippen LogP contribution in [0.1, 0.15) is 0 Å². The van der Waals surface area contributed by atoms with E-state index in [1.807, 2.05) is 0 Å². The molecule has 6 heteroatoms. The average molecular weight is 232 g/mol. The normalized spacial score (nSPS) is 18.6. The van der Waals surface area contributed by atoms with Gasteiger partial charge in [0.05, 0.1) is 13.2 Å². The molecular weight excluding hydrogens is 216 g/mol. The molecule has 3 atom stereocenters. The van der Waals surface area contributed by atoms with E-state index in [1.54, 1.807) is 0 Å². The van der Waals surface area contributed by atoms with Crippen LogP contribution in [0.3, 0.4) is 0 Å². The van der Waals surface area contributed by atoms with Crippen LogP contribution in [-0.4, -0.2) is 68.3 Å². The van der Waals surface area contributed by atoms with E-state index >= 15 is 0 Å². The van der Waals surface area contributed by atoms with Crippen molar-refractivity contribution in [1.29, 1.82) is 0 Å². The van der Waals surface area contributed by atoms with Crippen molar-refractivity contribution in [3.05, 3.63) is 12.2 Å². The van der Waals surface area contributed by atoms with Crippen LogP contribution >= 0.6 is 0 Å². The number of aliphatic hydroxyl groups is 6. The molecule has 92 valence electrons. The molecule has 0 saturated heterocycles. The summed E-state index contributed by atoms with van der Waals surface area (Å²) in [6.45, 7) is -1.79. The van der Waals surface area contributed by atoms with Crippen LogP contribution in [0.4, 0.5) is 0 Å². The van der Waals surface area contributed by atoms with Gasteiger partial charge in [0.2, 0.25) is 0 Å². The van der Waals surface area contributed by atoms with Crippen LogP contribution in [0.5, 0.6) is 0 Å². The second-order valence-electron chi connectivity index (χ2n) is 3.09. The van der Waals surface area contributed by atoms with Gasteiger partial charge >= 0.3 is 0 Å². The minimum absolute atomic E-state index is 0.350. The average Bonchev–Trinajstić information content (AvgIpc) is 2.31. The van der Waals surface area contributed by atoms with Crippen LogP contribution in [0.15, 0.2) is 12.2 Å². The molecule has 0 radical (unpaired) electrons. The van der Waals surface area contributed by atoms with Gasteiger partial charge in [0.15, 0.2) is 5.60 Å². The first-order valence-electron chi connectivity index (χ1n) is 4.59. The van der Waals surface area contributed by atoms with Gasteiger partial charge in [-0.05, 0) is 0 Å². The fourth-order valence-electron chi connectivity index (χ4n) is 0.965. The summed E-state index contributed by atoms with van der Waals surface area (Å²) in [4.78, 5) is 0. The van der Waals surface area contributed by atoms with Gasteiger partial charge in [-0.3, -0.25) is 0 Å². The van der Waals surface area contributed by atoms with E-state index in [2.05, 4.69) is 11.8 Å². The highest BCUT2D eigenvalue weighted by atomic mass is 16.4. The molecule has 6 nitrogen and oxygen atoms in total. The summed E-state index contributed by atoms with van der Waals surface area (Å²) in [5, 5.41) is 54.4. The lowest BCUT2D eigenvalue weighted by Gasteiger charge is -2.31. The first-order valence-corrected chi connectivity index (χ1v) is 4.59. The lowest BCUT2D eigenvalue weighted by molar-refractivity contribution is -0.136. The van der Waals surface area contributed by atoms with Gasteiger partial charge in [0, 0.05) is 0 Å². The number of hydrogen-bond donors (Lipinski definition) is 6. The summed E-state index contributed by atoms with van der Waals surface area (Å²) in [5.74, 6) is 4.17. The van der Waals surface area contributed by atoms with Gasteiger partial charge in [-0.2, -0.15) is 0 Å². The summed E-state index contributed by atoms with van der Waals surface area (Å²) in [6, 6.07) is 0.